The van der Waals surface area contributed by atoms with E-state index in [-0.39, 0.29) is 0 Å². The number of alkyl halides is 3. The number of benzene rings is 1. The molecule has 102 valence electrons. The molecule has 0 spiro atoms. The number of rotatable bonds is 6. The van der Waals surface area contributed by atoms with Gasteiger partial charge in [0.05, 0.1) is 5.56 Å². The van der Waals surface area contributed by atoms with E-state index in [1.807, 2.05) is 0 Å². The van der Waals surface area contributed by atoms with Gasteiger partial charge < -0.3 is 0 Å². The van der Waals surface area contributed by atoms with Crippen LogP contribution >= 0.6 is 0 Å². The highest BCUT2D eigenvalue weighted by Crippen LogP contribution is 2.32. The number of hydrogen-bond acceptors (Lipinski definition) is 0. The third kappa shape index (κ3) is 4.35. The van der Waals surface area contributed by atoms with E-state index in [0.29, 0.717) is 12.0 Å². The largest absolute Gasteiger partial charge is 0.416 e. The topological polar surface area (TPSA) is 0 Å². The zero-order valence-electron chi connectivity index (χ0n) is 11.1. The third-order valence-electron chi connectivity index (χ3n) is 3.17. The molecule has 0 radical (unpaired) electrons. The molecule has 0 aliphatic heterocycles. The highest BCUT2D eigenvalue weighted by Gasteiger charge is 2.32. The van der Waals surface area contributed by atoms with Crippen LogP contribution in [0.4, 0.5) is 13.2 Å². The monoisotopic (exact) mass is 258 g/mol. The van der Waals surface area contributed by atoms with E-state index in [1.54, 1.807) is 19.1 Å². The van der Waals surface area contributed by atoms with E-state index in [9.17, 15) is 13.2 Å². The van der Waals surface area contributed by atoms with Crippen molar-refractivity contribution >= 4 is 0 Å². The zero-order valence-corrected chi connectivity index (χ0v) is 11.1. The predicted octanol–water partition coefficient (Wildman–Crippen LogP) is 5.39. The molecule has 0 saturated heterocycles. The molecule has 18 heavy (non-hydrogen) atoms. The third-order valence-corrected chi connectivity index (χ3v) is 3.17. The summed E-state index contributed by atoms with van der Waals surface area (Å²) in [5.41, 5.74) is 0.953. The molecule has 0 atom stereocenters. The maximum Gasteiger partial charge on any atom is 0.416 e. The summed E-state index contributed by atoms with van der Waals surface area (Å²) >= 11 is 0. The van der Waals surface area contributed by atoms with E-state index in [1.165, 1.54) is 18.9 Å². The lowest BCUT2D eigenvalue weighted by Crippen LogP contribution is -2.09. The summed E-state index contributed by atoms with van der Waals surface area (Å²) < 4.78 is 38.2. The number of aryl methyl sites for hydroxylation is 2. The van der Waals surface area contributed by atoms with Crippen molar-refractivity contribution in [3.05, 3.63) is 34.9 Å². The van der Waals surface area contributed by atoms with Crippen molar-refractivity contribution in [2.75, 3.05) is 0 Å². The van der Waals surface area contributed by atoms with Gasteiger partial charge in [0.15, 0.2) is 0 Å². The van der Waals surface area contributed by atoms with Gasteiger partial charge in [-0.3, -0.25) is 0 Å². The summed E-state index contributed by atoms with van der Waals surface area (Å²) in [6.07, 6.45) is 1.66. The first-order chi connectivity index (χ1) is 8.49. The smallest absolute Gasteiger partial charge is 0.166 e. The summed E-state index contributed by atoms with van der Waals surface area (Å²) in [4.78, 5) is 0. The molecule has 3 heteroatoms. The van der Waals surface area contributed by atoms with Crippen molar-refractivity contribution in [3.63, 3.8) is 0 Å². The van der Waals surface area contributed by atoms with E-state index >= 15 is 0 Å². The fraction of sp³-hybridized carbons (Fsp3) is 0.600. The Hall–Kier alpha value is -0.990. The van der Waals surface area contributed by atoms with Gasteiger partial charge in [0.1, 0.15) is 0 Å². The lowest BCUT2D eigenvalue weighted by molar-refractivity contribution is -0.138. The van der Waals surface area contributed by atoms with Gasteiger partial charge in [0.25, 0.3) is 0 Å². The molecule has 0 saturated carbocycles. The Morgan fingerprint density at radius 2 is 1.72 bits per heavy atom. The molecule has 1 aromatic carbocycles. The molecule has 0 amide bonds. The predicted molar refractivity (Wildman–Crippen MR) is 68.7 cm³/mol. The minimum Gasteiger partial charge on any atom is -0.166 e. The fourth-order valence-electron chi connectivity index (χ4n) is 2.13. The van der Waals surface area contributed by atoms with Crippen molar-refractivity contribution in [1.29, 1.82) is 0 Å². The Balaban J connectivity index is 2.73. The maximum atomic E-state index is 12.7. The standard InChI is InChI=1S/C15H21F3/c1-3-5-6-7-8-12-9-10-14(15(16,17)18)13(4-2)11-12/h9-11H,3-8H2,1-2H3. The van der Waals surface area contributed by atoms with E-state index < -0.39 is 11.7 Å². The molecule has 0 N–H and O–H groups in total. The van der Waals surface area contributed by atoms with Gasteiger partial charge in [0.2, 0.25) is 0 Å². The average Bonchev–Trinajstić information content (AvgIpc) is 2.33. The van der Waals surface area contributed by atoms with Gasteiger partial charge in [0, 0.05) is 0 Å². The second-order valence-electron chi connectivity index (χ2n) is 4.65. The van der Waals surface area contributed by atoms with Crippen LogP contribution < -0.4 is 0 Å². The van der Waals surface area contributed by atoms with Crippen molar-refractivity contribution in [2.45, 2.75) is 58.5 Å². The fourth-order valence-corrected chi connectivity index (χ4v) is 2.13. The van der Waals surface area contributed by atoms with Crippen molar-refractivity contribution in [2.24, 2.45) is 0 Å². The van der Waals surface area contributed by atoms with Crippen LogP contribution in [0.1, 0.15) is 56.2 Å². The summed E-state index contributed by atoms with van der Waals surface area (Å²) in [6.45, 7) is 3.92. The molecule has 0 bridgehead atoms. The van der Waals surface area contributed by atoms with Gasteiger partial charge in [-0.15, -0.1) is 0 Å². The molecule has 0 aliphatic carbocycles. The molecule has 0 fully saturated rings. The maximum absolute atomic E-state index is 12.7. The first-order valence-corrected chi connectivity index (χ1v) is 6.68. The molecule has 0 heterocycles. The molecular weight excluding hydrogens is 237 g/mol. The molecule has 0 aromatic heterocycles. The van der Waals surface area contributed by atoms with Gasteiger partial charge >= 0.3 is 6.18 Å². The van der Waals surface area contributed by atoms with Gasteiger partial charge in [-0.05, 0) is 36.5 Å². The van der Waals surface area contributed by atoms with Crippen LogP contribution in [0.5, 0.6) is 0 Å². The molecule has 0 unspecified atom stereocenters. The number of halogens is 3. The van der Waals surface area contributed by atoms with Crippen LogP contribution in [0.25, 0.3) is 0 Å². The SMILES string of the molecule is CCCCCCc1ccc(C(F)(F)F)c(CC)c1. The van der Waals surface area contributed by atoms with Gasteiger partial charge in [-0.25, -0.2) is 0 Å². The highest BCUT2D eigenvalue weighted by atomic mass is 19.4. The Morgan fingerprint density at radius 3 is 2.28 bits per heavy atom. The van der Waals surface area contributed by atoms with E-state index in [2.05, 4.69) is 6.92 Å². The molecule has 1 rings (SSSR count). The minimum absolute atomic E-state index is 0.412. The van der Waals surface area contributed by atoms with Crippen molar-refractivity contribution < 1.29 is 13.2 Å². The summed E-state index contributed by atoms with van der Waals surface area (Å²) in [5, 5.41) is 0. The minimum atomic E-state index is -4.23. The van der Waals surface area contributed by atoms with Crippen LogP contribution in [-0.2, 0) is 19.0 Å². The van der Waals surface area contributed by atoms with Crippen LogP contribution in [0.15, 0.2) is 18.2 Å². The first-order valence-electron chi connectivity index (χ1n) is 6.68. The second-order valence-corrected chi connectivity index (χ2v) is 4.65. The number of unbranched alkanes of at least 4 members (excludes halogenated alkanes) is 3. The Labute approximate surface area is 107 Å². The molecular formula is C15H21F3. The van der Waals surface area contributed by atoms with Crippen LogP contribution in [0, 0.1) is 0 Å². The van der Waals surface area contributed by atoms with Gasteiger partial charge in [-0.1, -0.05) is 45.2 Å². The summed E-state index contributed by atoms with van der Waals surface area (Å²) in [5.74, 6) is 0. The average molecular weight is 258 g/mol. The van der Waals surface area contributed by atoms with Gasteiger partial charge in [-0.2, -0.15) is 13.2 Å². The van der Waals surface area contributed by atoms with Crippen LogP contribution in [0.2, 0.25) is 0 Å². The summed E-state index contributed by atoms with van der Waals surface area (Å²) in [7, 11) is 0. The first kappa shape index (κ1) is 15.1. The highest BCUT2D eigenvalue weighted by molar-refractivity contribution is 5.34. The molecule has 0 nitrogen and oxygen atoms in total. The number of hydrogen-bond donors (Lipinski definition) is 0. The van der Waals surface area contributed by atoms with Crippen molar-refractivity contribution in [3.8, 4) is 0 Å². The van der Waals surface area contributed by atoms with Crippen LogP contribution in [0.3, 0.4) is 0 Å². The quantitative estimate of drug-likeness (QED) is 0.600. The Bertz CT molecular complexity index is 366. The van der Waals surface area contributed by atoms with Crippen LogP contribution in [-0.4, -0.2) is 0 Å². The van der Waals surface area contributed by atoms with E-state index in [0.717, 1.165) is 24.8 Å². The molecule has 1 aromatic rings. The normalized spacial score (nSPS) is 11.8. The second kappa shape index (κ2) is 6.81. The Morgan fingerprint density at radius 1 is 1.00 bits per heavy atom. The lowest BCUT2D eigenvalue weighted by Gasteiger charge is -2.13. The Kier molecular flexibility index (Phi) is 5.70. The molecule has 0 aliphatic rings. The summed E-state index contributed by atoms with van der Waals surface area (Å²) in [6, 6.07) is 4.57. The van der Waals surface area contributed by atoms with E-state index in [4.69, 9.17) is 0 Å². The zero-order chi connectivity index (χ0) is 13.6. The van der Waals surface area contributed by atoms with Crippen molar-refractivity contribution in [1.82, 2.24) is 0 Å². The lowest BCUT2D eigenvalue weighted by atomic mass is 9.98.